The molecule has 1 aromatic heterocycles. The maximum absolute atomic E-state index is 11.7. The summed E-state index contributed by atoms with van der Waals surface area (Å²) in [5, 5.41) is 2.42. The van der Waals surface area contributed by atoms with E-state index < -0.39 is 5.56 Å². The van der Waals surface area contributed by atoms with Gasteiger partial charge in [-0.15, -0.1) is 0 Å². The molecule has 17 heavy (non-hydrogen) atoms. The summed E-state index contributed by atoms with van der Waals surface area (Å²) < 4.78 is 5.11. The number of hydrogen-bond acceptors (Lipinski definition) is 4. The van der Waals surface area contributed by atoms with Gasteiger partial charge in [-0.3, -0.25) is 14.9 Å². The molecule has 2 aromatic rings. The highest BCUT2D eigenvalue weighted by molar-refractivity contribution is 6.03. The van der Waals surface area contributed by atoms with Crippen molar-refractivity contribution in [1.82, 2.24) is 4.98 Å². The van der Waals surface area contributed by atoms with Crippen molar-refractivity contribution in [1.29, 1.82) is 0 Å². The summed E-state index contributed by atoms with van der Waals surface area (Å²) in [6.07, 6.45) is 0. The Morgan fingerprint density at radius 3 is 2.65 bits per heavy atom. The molecule has 1 aromatic carbocycles. The standard InChI is InChI=1S/C12H10N2O3/c1-8-7-10(15)13-12(17-8)14-11(16)9-5-3-2-4-6-9/h2-7H,1H3,(H,13,14,15,16). The zero-order valence-corrected chi connectivity index (χ0v) is 9.14. The van der Waals surface area contributed by atoms with Crippen LogP contribution in [-0.4, -0.2) is 10.9 Å². The average Bonchev–Trinajstić information content (AvgIpc) is 2.28. The lowest BCUT2D eigenvalue weighted by Crippen LogP contribution is -2.16. The van der Waals surface area contributed by atoms with Gasteiger partial charge in [-0.2, -0.15) is 4.98 Å². The zero-order valence-electron chi connectivity index (χ0n) is 9.14. The Labute approximate surface area is 97.1 Å². The van der Waals surface area contributed by atoms with E-state index in [2.05, 4.69) is 10.3 Å². The van der Waals surface area contributed by atoms with E-state index in [1.807, 2.05) is 6.07 Å². The summed E-state index contributed by atoms with van der Waals surface area (Å²) in [4.78, 5) is 26.4. The van der Waals surface area contributed by atoms with Gasteiger partial charge in [-0.25, -0.2) is 0 Å². The third-order valence-electron chi connectivity index (χ3n) is 2.05. The average molecular weight is 230 g/mol. The molecule has 2 rings (SSSR count). The fraction of sp³-hybridized carbons (Fsp3) is 0.0833. The highest BCUT2D eigenvalue weighted by Crippen LogP contribution is 2.06. The number of nitrogens with zero attached hydrogens (tertiary/aromatic N) is 1. The Hall–Kier alpha value is -2.43. The normalized spacial score (nSPS) is 9.94. The second kappa shape index (κ2) is 4.61. The molecule has 86 valence electrons. The Bertz CT molecular complexity index is 590. The molecule has 1 amide bonds. The Kier molecular flexibility index (Phi) is 3.00. The number of benzene rings is 1. The lowest BCUT2D eigenvalue weighted by Gasteiger charge is -2.02. The van der Waals surface area contributed by atoms with Crippen LogP contribution in [0, 0.1) is 6.92 Å². The molecule has 1 N–H and O–H groups in total. The van der Waals surface area contributed by atoms with Crippen molar-refractivity contribution >= 4 is 11.9 Å². The van der Waals surface area contributed by atoms with Crippen LogP contribution in [0.25, 0.3) is 0 Å². The van der Waals surface area contributed by atoms with Crippen molar-refractivity contribution in [2.45, 2.75) is 6.92 Å². The number of hydrogen-bond donors (Lipinski definition) is 1. The van der Waals surface area contributed by atoms with Gasteiger partial charge in [0.15, 0.2) is 0 Å². The number of carbonyl (C=O) groups is 1. The van der Waals surface area contributed by atoms with Gasteiger partial charge in [0.1, 0.15) is 5.76 Å². The minimum absolute atomic E-state index is 0.0937. The van der Waals surface area contributed by atoms with Gasteiger partial charge >= 0.3 is 6.01 Å². The largest absolute Gasteiger partial charge is 0.430 e. The highest BCUT2D eigenvalue weighted by Gasteiger charge is 2.08. The molecule has 0 unspecified atom stereocenters. The Morgan fingerprint density at radius 1 is 1.29 bits per heavy atom. The third kappa shape index (κ3) is 2.78. The van der Waals surface area contributed by atoms with Crippen LogP contribution in [0.3, 0.4) is 0 Å². The van der Waals surface area contributed by atoms with Gasteiger partial charge in [-0.1, -0.05) is 18.2 Å². The van der Waals surface area contributed by atoms with Crippen molar-refractivity contribution in [3.8, 4) is 0 Å². The molecule has 5 heteroatoms. The molecular weight excluding hydrogens is 220 g/mol. The molecule has 0 aliphatic heterocycles. The smallest absolute Gasteiger partial charge is 0.305 e. The fourth-order valence-electron chi connectivity index (χ4n) is 1.32. The SMILES string of the molecule is Cc1cc(=O)nc(NC(=O)c2ccccc2)o1. The van der Waals surface area contributed by atoms with E-state index in [4.69, 9.17) is 4.42 Å². The lowest BCUT2D eigenvalue weighted by molar-refractivity contribution is 0.102. The molecular formula is C12H10N2O3. The highest BCUT2D eigenvalue weighted by atomic mass is 16.4. The van der Waals surface area contributed by atoms with Gasteiger partial charge in [0.05, 0.1) is 0 Å². The monoisotopic (exact) mass is 230 g/mol. The van der Waals surface area contributed by atoms with E-state index in [1.54, 1.807) is 31.2 Å². The second-order valence-electron chi connectivity index (χ2n) is 3.43. The van der Waals surface area contributed by atoms with Crippen LogP contribution in [0.1, 0.15) is 16.1 Å². The van der Waals surface area contributed by atoms with Gasteiger partial charge in [-0.05, 0) is 19.1 Å². The molecule has 0 atom stereocenters. The first-order valence-corrected chi connectivity index (χ1v) is 5.00. The predicted molar refractivity (Wildman–Crippen MR) is 61.9 cm³/mol. The predicted octanol–water partition coefficient (Wildman–Crippen LogP) is 1.60. The van der Waals surface area contributed by atoms with E-state index in [1.165, 1.54) is 6.07 Å². The first-order valence-electron chi connectivity index (χ1n) is 5.00. The Balaban J connectivity index is 2.22. The molecule has 0 fully saturated rings. The molecule has 0 aliphatic carbocycles. The molecule has 0 radical (unpaired) electrons. The molecule has 0 saturated carbocycles. The zero-order chi connectivity index (χ0) is 12.3. The van der Waals surface area contributed by atoms with Crippen LogP contribution in [-0.2, 0) is 0 Å². The summed E-state index contributed by atoms with van der Waals surface area (Å²) >= 11 is 0. The number of rotatable bonds is 2. The Morgan fingerprint density at radius 2 is 2.00 bits per heavy atom. The first kappa shape index (κ1) is 11.1. The number of aromatic nitrogens is 1. The van der Waals surface area contributed by atoms with Crippen molar-refractivity contribution in [2.24, 2.45) is 0 Å². The number of nitrogens with one attached hydrogen (secondary N) is 1. The van der Waals surface area contributed by atoms with Crippen LogP contribution < -0.4 is 10.9 Å². The molecule has 0 saturated heterocycles. The number of aryl methyl sites for hydroxylation is 1. The summed E-state index contributed by atoms with van der Waals surface area (Å²) in [7, 11) is 0. The van der Waals surface area contributed by atoms with E-state index in [-0.39, 0.29) is 11.9 Å². The maximum Gasteiger partial charge on any atom is 0.305 e. The van der Waals surface area contributed by atoms with Crippen molar-refractivity contribution < 1.29 is 9.21 Å². The van der Waals surface area contributed by atoms with Gasteiger partial charge < -0.3 is 4.42 Å². The molecule has 0 bridgehead atoms. The topological polar surface area (TPSA) is 72.2 Å². The van der Waals surface area contributed by atoms with Crippen LogP contribution in [0.5, 0.6) is 0 Å². The first-order chi connectivity index (χ1) is 8.15. The van der Waals surface area contributed by atoms with Crippen LogP contribution in [0.4, 0.5) is 6.01 Å². The van der Waals surface area contributed by atoms with E-state index in [0.717, 1.165) is 0 Å². The minimum Gasteiger partial charge on any atom is -0.430 e. The van der Waals surface area contributed by atoms with Crippen molar-refractivity contribution in [3.05, 3.63) is 58.1 Å². The summed E-state index contributed by atoms with van der Waals surface area (Å²) in [6.45, 7) is 1.61. The molecule has 5 nitrogen and oxygen atoms in total. The van der Waals surface area contributed by atoms with Crippen molar-refractivity contribution in [3.63, 3.8) is 0 Å². The number of amides is 1. The lowest BCUT2D eigenvalue weighted by atomic mass is 10.2. The number of anilines is 1. The van der Waals surface area contributed by atoms with Crippen LogP contribution >= 0.6 is 0 Å². The molecule has 1 heterocycles. The molecule has 0 aliphatic rings. The maximum atomic E-state index is 11.7. The van der Waals surface area contributed by atoms with Gasteiger partial charge in [0, 0.05) is 11.6 Å². The van der Waals surface area contributed by atoms with Crippen LogP contribution in [0.2, 0.25) is 0 Å². The number of carbonyl (C=O) groups excluding carboxylic acids is 1. The van der Waals surface area contributed by atoms with E-state index in [9.17, 15) is 9.59 Å². The van der Waals surface area contributed by atoms with Crippen LogP contribution in [0.15, 0.2) is 45.6 Å². The summed E-state index contributed by atoms with van der Waals surface area (Å²) in [5.41, 5.74) is 0.0237. The molecule has 0 spiro atoms. The van der Waals surface area contributed by atoms with Crippen molar-refractivity contribution in [2.75, 3.05) is 5.32 Å². The quantitative estimate of drug-likeness (QED) is 0.850. The van der Waals surface area contributed by atoms with E-state index in [0.29, 0.717) is 11.3 Å². The van der Waals surface area contributed by atoms with Gasteiger partial charge in [0.25, 0.3) is 11.5 Å². The third-order valence-corrected chi connectivity index (χ3v) is 2.05. The van der Waals surface area contributed by atoms with E-state index >= 15 is 0 Å². The van der Waals surface area contributed by atoms with Gasteiger partial charge in [0.2, 0.25) is 0 Å². The summed E-state index contributed by atoms with van der Waals surface area (Å²) in [6, 6.07) is 9.76. The summed E-state index contributed by atoms with van der Waals surface area (Å²) in [5.74, 6) is 0.0280. The second-order valence-corrected chi connectivity index (χ2v) is 3.43. The minimum atomic E-state index is -0.447. The fourth-order valence-corrected chi connectivity index (χ4v) is 1.32.